The van der Waals surface area contributed by atoms with Gasteiger partial charge in [-0.05, 0) is 78.6 Å². The van der Waals surface area contributed by atoms with Gasteiger partial charge in [-0.2, -0.15) is 13.1 Å². The second-order valence-corrected chi connectivity index (χ2v) is 13.2. The Kier molecular flexibility index (Phi) is 7.54. The molecule has 6 rings (SSSR count). The Bertz CT molecular complexity index is 1500. The molecule has 1 fully saturated rings. The van der Waals surface area contributed by atoms with Gasteiger partial charge in [-0.15, -0.1) is 0 Å². The van der Waals surface area contributed by atoms with E-state index in [1.54, 1.807) is 25.1 Å². The molecular weight excluding hydrogens is 540 g/mol. The van der Waals surface area contributed by atoms with Gasteiger partial charge in [-0.3, -0.25) is 9.59 Å². The summed E-state index contributed by atoms with van der Waals surface area (Å²) in [5, 5.41) is 0. The van der Waals surface area contributed by atoms with Gasteiger partial charge in [0.15, 0.2) is 0 Å². The molecule has 2 N–H and O–H groups in total. The smallest absolute Gasteiger partial charge is 0.301 e. The normalized spacial score (nSPS) is 24.9. The van der Waals surface area contributed by atoms with Crippen molar-refractivity contribution in [2.24, 2.45) is 5.92 Å². The predicted octanol–water partition coefficient (Wildman–Crippen LogP) is 4.13. The number of anilines is 1. The lowest BCUT2D eigenvalue weighted by Crippen LogP contribution is -2.41. The highest BCUT2D eigenvalue weighted by Gasteiger charge is 2.46. The van der Waals surface area contributed by atoms with Crippen LogP contribution in [0.15, 0.2) is 42.0 Å². The van der Waals surface area contributed by atoms with E-state index in [1.807, 2.05) is 30.3 Å². The number of hydrogen-bond donors (Lipinski definition) is 2. The van der Waals surface area contributed by atoms with Crippen LogP contribution in [0.25, 0.3) is 6.08 Å². The number of likely N-dealkylation sites (N-methyl/N-ethyl adjacent to an activating group) is 1. The second-order valence-electron chi connectivity index (χ2n) is 11.7. The van der Waals surface area contributed by atoms with E-state index in [1.165, 1.54) is 19.3 Å². The second kappa shape index (κ2) is 11.1. The lowest BCUT2D eigenvalue weighted by atomic mass is 9.73. The van der Waals surface area contributed by atoms with E-state index < -0.39 is 16.1 Å². The summed E-state index contributed by atoms with van der Waals surface area (Å²) >= 11 is 0. The van der Waals surface area contributed by atoms with Crippen LogP contribution in [0.1, 0.15) is 84.0 Å². The SMILES string of the molecule is COc1ccc2c(c1)C=C1CN3c4cc(ccc4C(C4CCCCC4)C23)C(=O)NS(=O)(=O)NCCCCN(C)C1=O. The molecule has 4 bridgehead atoms. The molecule has 2 aromatic rings. The zero-order chi connectivity index (χ0) is 28.7. The molecule has 1 saturated carbocycles. The molecule has 2 aromatic carbocycles. The molecule has 9 nitrogen and oxygen atoms in total. The van der Waals surface area contributed by atoms with Crippen molar-refractivity contribution >= 4 is 33.8 Å². The summed E-state index contributed by atoms with van der Waals surface area (Å²) in [7, 11) is -0.563. The standard InChI is InChI=1S/C31H38N4O5S/c1-34-15-7-6-14-32-41(38,39)33-30(36)21-10-12-26-27(18-21)35-19-23(31(34)37)16-22-17-24(40-2)11-13-25(22)29(35)28(26)20-8-4-3-5-9-20/h10-13,16-18,20,28-29,32H,3-9,14-15,19H2,1-2H3,(H,33,36). The van der Waals surface area contributed by atoms with Crippen molar-refractivity contribution in [2.45, 2.75) is 56.9 Å². The van der Waals surface area contributed by atoms with Crippen molar-refractivity contribution < 1.29 is 22.7 Å². The molecule has 0 radical (unpaired) electrons. The van der Waals surface area contributed by atoms with Crippen molar-refractivity contribution in [1.29, 1.82) is 0 Å². The first-order chi connectivity index (χ1) is 19.8. The molecule has 2 unspecified atom stereocenters. The van der Waals surface area contributed by atoms with Gasteiger partial charge in [0, 0.05) is 49.4 Å². The first kappa shape index (κ1) is 27.8. The molecule has 3 heterocycles. The van der Waals surface area contributed by atoms with Gasteiger partial charge in [-0.25, -0.2) is 4.72 Å². The first-order valence-corrected chi connectivity index (χ1v) is 16.1. The van der Waals surface area contributed by atoms with E-state index in [9.17, 15) is 18.0 Å². The Morgan fingerprint density at radius 1 is 0.951 bits per heavy atom. The summed E-state index contributed by atoms with van der Waals surface area (Å²) in [6.07, 6.45) is 9.06. The average molecular weight is 579 g/mol. The minimum atomic E-state index is -4.01. The maximum Gasteiger partial charge on any atom is 0.301 e. The number of carbonyl (C=O) groups is 2. The monoisotopic (exact) mass is 578 g/mol. The predicted molar refractivity (Wildman–Crippen MR) is 158 cm³/mol. The summed E-state index contributed by atoms with van der Waals surface area (Å²) in [4.78, 5) is 31.0. The Balaban J connectivity index is 1.53. The molecule has 0 aromatic heterocycles. The van der Waals surface area contributed by atoms with Crippen LogP contribution < -0.4 is 19.1 Å². The summed E-state index contributed by atoms with van der Waals surface area (Å²) in [6, 6.07) is 11.6. The van der Waals surface area contributed by atoms with Crippen molar-refractivity contribution in [3.8, 4) is 5.75 Å². The fraction of sp³-hybridized carbons (Fsp3) is 0.484. The molecule has 4 aliphatic rings. The van der Waals surface area contributed by atoms with Crippen LogP contribution in [0, 0.1) is 5.92 Å². The summed E-state index contributed by atoms with van der Waals surface area (Å²) in [5.41, 5.74) is 5.12. The Morgan fingerprint density at radius 2 is 1.73 bits per heavy atom. The largest absolute Gasteiger partial charge is 0.497 e. The third-order valence-corrected chi connectivity index (χ3v) is 10.2. The number of nitrogens with one attached hydrogen (secondary N) is 2. The number of rotatable bonds is 2. The number of nitrogens with zero attached hydrogens (tertiary/aromatic N) is 2. The van der Waals surface area contributed by atoms with Crippen LogP contribution >= 0.6 is 0 Å². The van der Waals surface area contributed by atoms with Crippen LogP contribution in [0.2, 0.25) is 0 Å². The van der Waals surface area contributed by atoms with Crippen molar-refractivity contribution in [2.75, 3.05) is 38.7 Å². The van der Waals surface area contributed by atoms with Gasteiger partial charge >= 0.3 is 10.2 Å². The number of amides is 2. The fourth-order valence-corrected chi connectivity index (χ4v) is 7.99. The van der Waals surface area contributed by atoms with Crippen LogP contribution in [0.4, 0.5) is 5.69 Å². The minimum Gasteiger partial charge on any atom is -0.497 e. The van der Waals surface area contributed by atoms with E-state index in [2.05, 4.69) is 20.4 Å². The van der Waals surface area contributed by atoms with E-state index in [-0.39, 0.29) is 30.0 Å². The Morgan fingerprint density at radius 3 is 2.51 bits per heavy atom. The third-order valence-electron chi connectivity index (χ3n) is 9.14. The Labute approximate surface area is 242 Å². The van der Waals surface area contributed by atoms with E-state index in [0.717, 1.165) is 41.0 Å². The van der Waals surface area contributed by atoms with Crippen LogP contribution in [0.5, 0.6) is 5.75 Å². The van der Waals surface area contributed by atoms with Gasteiger partial charge in [0.2, 0.25) is 0 Å². The van der Waals surface area contributed by atoms with Gasteiger partial charge in [0.05, 0.1) is 13.2 Å². The van der Waals surface area contributed by atoms with Gasteiger partial charge < -0.3 is 14.5 Å². The lowest BCUT2D eigenvalue weighted by Gasteiger charge is -2.36. The minimum absolute atomic E-state index is 0.0246. The quantitative estimate of drug-likeness (QED) is 0.555. The molecule has 2 amide bonds. The molecule has 218 valence electrons. The van der Waals surface area contributed by atoms with E-state index >= 15 is 0 Å². The van der Waals surface area contributed by atoms with Crippen molar-refractivity contribution in [3.63, 3.8) is 0 Å². The third kappa shape index (κ3) is 5.35. The molecule has 0 saturated heterocycles. The zero-order valence-corrected chi connectivity index (χ0v) is 24.5. The van der Waals surface area contributed by atoms with Crippen molar-refractivity contribution in [1.82, 2.24) is 14.3 Å². The number of methoxy groups -OCH3 is 1. The lowest BCUT2D eigenvalue weighted by molar-refractivity contribution is -0.125. The maximum atomic E-state index is 13.9. The Hall–Kier alpha value is -3.37. The van der Waals surface area contributed by atoms with E-state index in [4.69, 9.17) is 4.74 Å². The summed E-state index contributed by atoms with van der Waals surface area (Å²) in [6.45, 7) is 1.05. The number of hydrogen-bond acceptors (Lipinski definition) is 6. The number of carbonyl (C=O) groups excluding carboxylic acids is 2. The first-order valence-electron chi connectivity index (χ1n) is 14.6. The number of fused-ring (bicyclic) bond motifs is 4. The highest BCUT2D eigenvalue weighted by molar-refractivity contribution is 7.88. The van der Waals surface area contributed by atoms with Gasteiger partial charge in [0.1, 0.15) is 5.75 Å². The molecule has 41 heavy (non-hydrogen) atoms. The molecule has 0 spiro atoms. The molecule has 2 atom stereocenters. The topological polar surface area (TPSA) is 108 Å². The zero-order valence-electron chi connectivity index (χ0n) is 23.7. The van der Waals surface area contributed by atoms with Crippen molar-refractivity contribution in [3.05, 3.63) is 64.2 Å². The maximum absolute atomic E-state index is 13.9. The van der Waals surface area contributed by atoms with Gasteiger partial charge in [-0.1, -0.05) is 31.4 Å². The van der Waals surface area contributed by atoms with Gasteiger partial charge in [0.25, 0.3) is 11.8 Å². The van der Waals surface area contributed by atoms with Crippen LogP contribution in [0.3, 0.4) is 0 Å². The number of ether oxygens (including phenoxy) is 1. The fourth-order valence-electron chi connectivity index (χ4n) is 7.14. The van der Waals surface area contributed by atoms with Crippen LogP contribution in [-0.4, -0.2) is 58.9 Å². The highest BCUT2D eigenvalue weighted by atomic mass is 32.2. The van der Waals surface area contributed by atoms with Crippen LogP contribution in [-0.2, 0) is 15.0 Å². The summed E-state index contributed by atoms with van der Waals surface area (Å²) in [5.74, 6) is 0.665. The number of benzene rings is 2. The molecule has 1 aliphatic carbocycles. The molecule has 10 heteroatoms. The molecule has 3 aliphatic heterocycles. The summed E-state index contributed by atoms with van der Waals surface area (Å²) < 4.78 is 35.4. The van der Waals surface area contributed by atoms with E-state index in [0.29, 0.717) is 37.4 Å². The highest BCUT2D eigenvalue weighted by Crippen LogP contribution is 2.57. The average Bonchev–Trinajstić information content (AvgIpc) is 3.18. The molecular formula is C31H38N4O5S.